The number of piperidine rings is 1. The SMILES string of the molecule is COc1ccc(OCCC(=O)N[C@H](CN2CCC(C)CC2)[C@H](O)c2ccc3c(c2)OCCO3)cc1. The minimum absolute atomic E-state index is 0.162. The van der Waals surface area contributed by atoms with Crippen LogP contribution in [-0.2, 0) is 4.79 Å². The first-order valence-corrected chi connectivity index (χ1v) is 12.4. The van der Waals surface area contributed by atoms with Crippen molar-refractivity contribution in [2.24, 2.45) is 5.92 Å². The van der Waals surface area contributed by atoms with Crippen LogP contribution in [0.4, 0.5) is 0 Å². The number of likely N-dealkylation sites (tertiary alicyclic amines) is 1. The third-order valence-electron chi connectivity index (χ3n) is 6.62. The van der Waals surface area contributed by atoms with E-state index >= 15 is 0 Å². The Hall–Kier alpha value is -2.97. The molecule has 0 unspecified atom stereocenters. The van der Waals surface area contributed by atoms with Crippen LogP contribution >= 0.6 is 0 Å². The fourth-order valence-corrected chi connectivity index (χ4v) is 4.44. The third kappa shape index (κ3) is 7.02. The zero-order chi connectivity index (χ0) is 24.6. The molecule has 2 aliphatic heterocycles. The zero-order valence-electron chi connectivity index (χ0n) is 20.6. The van der Waals surface area contributed by atoms with Crippen molar-refractivity contribution in [1.82, 2.24) is 10.2 Å². The second-order valence-corrected chi connectivity index (χ2v) is 9.28. The van der Waals surface area contributed by atoms with Crippen molar-refractivity contribution in [3.63, 3.8) is 0 Å². The third-order valence-corrected chi connectivity index (χ3v) is 6.62. The van der Waals surface area contributed by atoms with Gasteiger partial charge in [-0.1, -0.05) is 13.0 Å². The Morgan fingerprint density at radius 3 is 2.49 bits per heavy atom. The summed E-state index contributed by atoms with van der Waals surface area (Å²) in [6, 6.07) is 12.2. The monoisotopic (exact) mass is 484 g/mol. The van der Waals surface area contributed by atoms with E-state index in [1.807, 2.05) is 42.5 Å². The maximum atomic E-state index is 12.8. The summed E-state index contributed by atoms with van der Waals surface area (Å²) in [4.78, 5) is 15.1. The first kappa shape index (κ1) is 25.1. The van der Waals surface area contributed by atoms with Gasteiger partial charge in [-0.3, -0.25) is 4.79 Å². The summed E-state index contributed by atoms with van der Waals surface area (Å²) in [7, 11) is 1.61. The van der Waals surface area contributed by atoms with E-state index in [0.717, 1.165) is 31.7 Å². The fourth-order valence-electron chi connectivity index (χ4n) is 4.44. The minimum Gasteiger partial charge on any atom is -0.497 e. The van der Waals surface area contributed by atoms with Crippen LogP contribution in [0.1, 0.15) is 37.9 Å². The Bertz CT molecular complexity index is 959. The molecule has 35 heavy (non-hydrogen) atoms. The number of methoxy groups -OCH3 is 1. The lowest BCUT2D eigenvalue weighted by molar-refractivity contribution is -0.123. The van der Waals surface area contributed by atoms with E-state index in [4.69, 9.17) is 18.9 Å². The molecule has 1 amide bonds. The molecule has 4 rings (SSSR count). The normalized spacial score (nSPS) is 17.9. The molecule has 1 fully saturated rings. The number of amides is 1. The molecule has 0 radical (unpaired) electrons. The fraction of sp³-hybridized carbons (Fsp3) is 0.519. The molecule has 0 spiro atoms. The molecule has 2 heterocycles. The number of fused-ring (bicyclic) bond motifs is 1. The molecule has 0 saturated carbocycles. The molecule has 2 aromatic rings. The lowest BCUT2D eigenvalue weighted by Crippen LogP contribution is -2.49. The van der Waals surface area contributed by atoms with Gasteiger partial charge in [-0.05, 0) is 73.8 Å². The van der Waals surface area contributed by atoms with Crippen LogP contribution in [0.2, 0.25) is 0 Å². The molecule has 2 N–H and O–H groups in total. The number of rotatable bonds is 10. The van der Waals surface area contributed by atoms with E-state index in [1.165, 1.54) is 0 Å². The number of carbonyl (C=O) groups excluding carboxylic acids is 1. The predicted molar refractivity (Wildman–Crippen MR) is 132 cm³/mol. The second kappa shape index (κ2) is 12.1. The average Bonchev–Trinajstić information content (AvgIpc) is 2.89. The topological polar surface area (TPSA) is 89.5 Å². The zero-order valence-corrected chi connectivity index (χ0v) is 20.6. The lowest BCUT2D eigenvalue weighted by atomic mass is 9.96. The summed E-state index contributed by atoms with van der Waals surface area (Å²) in [5, 5.41) is 14.3. The van der Waals surface area contributed by atoms with E-state index < -0.39 is 12.1 Å². The summed E-state index contributed by atoms with van der Waals surface area (Å²) in [6.07, 6.45) is 1.55. The number of ether oxygens (including phenoxy) is 4. The molecule has 8 heteroatoms. The van der Waals surface area contributed by atoms with Gasteiger partial charge in [0.05, 0.1) is 26.2 Å². The summed E-state index contributed by atoms with van der Waals surface area (Å²) >= 11 is 0. The largest absolute Gasteiger partial charge is 0.497 e. The molecule has 1 saturated heterocycles. The standard InChI is InChI=1S/C27H36N2O6/c1-19-9-12-29(13-10-19)18-23(27(31)20-3-8-24-25(17-20)35-16-15-34-24)28-26(30)11-14-33-22-6-4-21(32-2)5-7-22/h3-8,17,19,23,27,31H,9-16,18H2,1-2H3,(H,28,30)/t23-,27-/m1/s1. The average molecular weight is 485 g/mol. The van der Waals surface area contributed by atoms with Crippen molar-refractivity contribution in [3.05, 3.63) is 48.0 Å². The summed E-state index contributed by atoms with van der Waals surface area (Å²) in [5.41, 5.74) is 0.694. The van der Waals surface area contributed by atoms with Gasteiger partial charge in [0, 0.05) is 6.54 Å². The number of nitrogens with zero attached hydrogens (tertiary/aromatic N) is 1. The van der Waals surface area contributed by atoms with Gasteiger partial charge in [-0.15, -0.1) is 0 Å². The molecular formula is C27H36N2O6. The minimum atomic E-state index is -0.878. The number of hydrogen-bond donors (Lipinski definition) is 2. The molecule has 0 bridgehead atoms. The number of benzene rings is 2. The van der Waals surface area contributed by atoms with E-state index in [2.05, 4.69) is 17.1 Å². The maximum Gasteiger partial charge on any atom is 0.223 e. The van der Waals surface area contributed by atoms with Crippen molar-refractivity contribution < 1.29 is 28.8 Å². The molecule has 0 aliphatic carbocycles. The predicted octanol–water partition coefficient (Wildman–Crippen LogP) is 3.19. The number of carbonyl (C=O) groups is 1. The Morgan fingerprint density at radius 2 is 1.77 bits per heavy atom. The molecular weight excluding hydrogens is 448 g/mol. The molecule has 2 aliphatic rings. The number of hydrogen-bond acceptors (Lipinski definition) is 7. The highest BCUT2D eigenvalue weighted by Crippen LogP contribution is 2.33. The Labute approximate surface area is 207 Å². The van der Waals surface area contributed by atoms with Gasteiger partial charge in [-0.25, -0.2) is 0 Å². The van der Waals surface area contributed by atoms with Gasteiger partial charge in [0.2, 0.25) is 5.91 Å². The van der Waals surface area contributed by atoms with Crippen LogP contribution in [0.3, 0.4) is 0 Å². The Kier molecular flexibility index (Phi) is 8.71. The summed E-state index contributed by atoms with van der Waals surface area (Å²) in [6.45, 7) is 6.00. The highest BCUT2D eigenvalue weighted by molar-refractivity contribution is 5.76. The van der Waals surface area contributed by atoms with Crippen LogP contribution in [0.15, 0.2) is 42.5 Å². The van der Waals surface area contributed by atoms with E-state index in [0.29, 0.717) is 48.5 Å². The van der Waals surface area contributed by atoms with Crippen LogP contribution in [0, 0.1) is 5.92 Å². The Morgan fingerprint density at radius 1 is 1.09 bits per heavy atom. The van der Waals surface area contributed by atoms with Gasteiger partial charge < -0.3 is 34.3 Å². The smallest absolute Gasteiger partial charge is 0.223 e. The number of nitrogens with one attached hydrogen (secondary N) is 1. The molecule has 2 atom stereocenters. The number of aliphatic hydroxyl groups is 1. The van der Waals surface area contributed by atoms with Gasteiger partial charge in [-0.2, -0.15) is 0 Å². The quantitative estimate of drug-likeness (QED) is 0.535. The highest BCUT2D eigenvalue weighted by atomic mass is 16.6. The van der Waals surface area contributed by atoms with Crippen LogP contribution in [0.25, 0.3) is 0 Å². The van der Waals surface area contributed by atoms with Crippen molar-refractivity contribution >= 4 is 5.91 Å². The van der Waals surface area contributed by atoms with Gasteiger partial charge in [0.15, 0.2) is 11.5 Å². The van der Waals surface area contributed by atoms with Crippen LogP contribution in [0.5, 0.6) is 23.0 Å². The van der Waals surface area contributed by atoms with E-state index in [1.54, 1.807) is 7.11 Å². The first-order chi connectivity index (χ1) is 17.0. The molecule has 0 aromatic heterocycles. The van der Waals surface area contributed by atoms with E-state index in [9.17, 15) is 9.90 Å². The Balaban J connectivity index is 1.38. The highest BCUT2D eigenvalue weighted by Gasteiger charge is 2.28. The first-order valence-electron chi connectivity index (χ1n) is 12.4. The van der Waals surface area contributed by atoms with Crippen molar-refractivity contribution in [2.75, 3.05) is 46.6 Å². The van der Waals surface area contributed by atoms with Gasteiger partial charge in [0.25, 0.3) is 0 Å². The van der Waals surface area contributed by atoms with E-state index in [-0.39, 0.29) is 18.9 Å². The number of aliphatic hydroxyl groups excluding tert-OH is 1. The summed E-state index contributed by atoms with van der Waals surface area (Å²) < 4.78 is 22.1. The maximum absolute atomic E-state index is 12.8. The van der Waals surface area contributed by atoms with Crippen molar-refractivity contribution in [2.45, 2.75) is 38.3 Å². The van der Waals surface area contributed by atoms with Gasteiger partial charge >= 0.3 is 0 Å². The van der Waals surface area contributed by atoms with Crippen molar-refractivity contribution in [1.29, 1.82) is 0 Å². The van der Waals surface area contributed by atoms with Gasteiger partial charge in [0.1, 0.15) is 30.8 Å². The van der Waals surface area contributed by atoms with Crippen LogP contribution in [-0.4, -0.2) is 68.5 Å². The second-order valence-electron chi connectivity index (χ2n) is 9.28. The molecule has 190 valence electrons. The van der Waals surface area contributed by atoms with Crippen LogP contribution < -0.4 is 24.3 Å². The lowest BCUT2D eigenvalue weighted by Gasteiger charge is -2.35. The molecule has 8 nitrogen and oxygen atoms in total. The summed E-state index contributed by atoms with van der Waals surface area (Å²) in [5.74, 6) is 3.26. The molecule has 2 aromatic carbocycles. The van der Waals surface area contributed by atoms with Crippen molar-refractivity contribution in [3.8, 4) is 23.0 Å².